The van der Waals surface area contributed by atoms with Gasteiger partial charge in [-0.2, -0.15) is 0 Å². The quantitative estimate of drug-likeness (QED) is 0.678. The summed E-state index contributed by atoms with van der Waals surface area (Å²) in [6, 6.07) is 3.12. The number of carbonyl (C=O) groups excluding carboxylic acids is 2. The lowest BCUT2D eigenvalue weighted by Gasteiger charge is -2.30. The van der Waals surface area contributed by atoms with Gasteiger partial charge in [0.05, 0.1) is 30.3 Å². The maximum absolute atomic E-state index is 12.1. The summed E-state index contributed by atoms with van der Waals surface area (Å²) in [6.45, 7) is 5.59. The van der Waals surface area contributed by atoms with E-state index in [0.717, 1.165) is 0 Å². The van der Waals surface area contributed by atoms with Crippen molar-refractivity contribution in [2.24, 2.45) is 5.92 Å². The first-order chi connectivity index (χ1) is 9.47. The molecule has 5 nitrogen and oxygen atoms in total. The Kier molecular flexibility index (Phi) is 3.97. The van der Waals surface area contributed by atoms with E-state index in [1.165, 1.54) is 13.0 Å². The van der Waals surface area contributed by atoms with E-state index in [4.69, 9.17) is 9.47 Å². The summed E-state index contributed by atoms with van der Waals surface area (Å²) in [7, 11) is 0. The molecule has 1 heterocycles. The molecule has 108 valence electrons. The molecule has 1 aromatic carbocycles. The van der Waals surface area contributed by atoms with Gasteiger partial charge in [-0.3, -0.25) is 9.59 Å². The highest BCUT2D eigenvalue weighted by atomic mass is 16.5. The zero-order valence-corrected chi connectivity index (χ0v) is 11.8. The maximum Gasteiger partial charge on any atom is 0.314 e. The molecule has 0 radical (unpaired) electrons. The fourth-order valence-corrected chi connectivity index (χ4v) is 2.48. The molecule has 2 rings (SSSR count). The van der Waals surface area contributed by atoms with E-state index in [9.17, 15) is 14.7 Å². The SMILES string of the molecule is CCOC(=O)C1c2c(ccc(C(C)=O)c2O)OCC1C. The normalized spacial score (nSPS) is 20.8. The number of phenolic OH excluding ortho intramolecular Hbond substituents is 1. The number of hydrogen-bond donors (Lipinski definition) is 1. The molecule has 0 aromatic heterocycles. The number of hydrogen-bond acceptors (Lipinski definition) is 5. The third-order valence-corrected chi connectivity index (χ3v) is 3.48. The average molecular weight is 278 g/mol. The summed E-state index contributed by atoms with van der Waals surface area (Å²) in [5, 5.41) is 10.3. The van der Waals surface area contributed by atoms with Gasteiger partial charge in [0, 0.05) is 5.92 Å². The molecule has 0 aliphatic carbocycles. The Morgan fingerprint density at radius 3 is 2.75 bits per heavy atom. The summed E-state index contributed by atoms with van der Waals surface area (Å²) in [4.78, 5) is 23.6. The number of carbonyl (C=O) groups is 2. The van der Waals surface area contributed by atoms with E-state index in [1.54, 1.807) is 13.0 Å². The molecule has 20 heavy (non-hydrogen) atoms. The van der Waals surface area contributed by atoms with E-state index in [1.807, 2.05) is 6.92 Å². The number of Topliss-reactive ketones (excluding diaryl/α,β-unsaturated/α-hetero) is 1. The van der Waals surface area contributed by atoms with Gasteiger partial charge in [0.25, 0.3) is 0 Å². The van der Waals surface area contributed by atoms with Crippen LogP contribution in [0, 0.1) is 5.92 Å². The van der Waals surface area contributed by atoms with Gasteiger partial charge in [-0.15, -0.1) is 0 Å². The van der Waals surface area contributed by atoms with Gasteiger partial charge >= 0.3 is 5.97 Å². The lowest BCUT2D eigenvalue weighted by Crippen LogP contribution is -2.31. The van der Waals surface area contributed by atoms with Crippen molar-refractivity contribution in [2.75, 3.05) is 13.2 Å². The zero-order valence-electron chi connectivity index (χ0n) is 11.8. The van der Waals surface area contributed by atoms with E-state index in [-0.39, 0.29) is 29.6 Å². The number of esters is 1. The molecule has 1 aliphatic rings. The van der Waals surface area contributed by atoms with Gasteiger partial charge in [-0.1, -0.05) is 6.92 Å². The van der Waals surface area contributed by atoms with Crippen molar-refractivity contribution in [3.63, 3.8) is 0 Å². The van der Waals surface area contributed by atoms with Crippen LogP contribution in [0.1, 0.15) is 42.6 Å². The predicted molar refractivity (Wildman–Crippen MR) is 72.1 cm³/mol. The molecular weight excluding hydrogens is 260 g/mol. The minimum atomic E-state index is -0.613. The second-order valence-corrected chi connectivity index (χ2v) is 4.95. The lowest BCUT2D eigenvalue weighted by molar-refractivity contribution is -0.147. The Bertz CT molecular complexity index is 549. The summed E-state index contributed by atoms with van der Waals surface area (Å²) < 4.78 is 10.6. The highest BCUT2D eigenvalue weighted by Gasteiger charge is 2.38. The first-order valence-corrected chi connectivity index (χ1v) is 6.63. The Morgan fingerprint density at radius 1 is 1.45 bits per heavy atom. The van der Waals surface area contributed by atoms with Gasteiger partial charge in [0.1, 0.15) is 11.5 Å². The van der Waals surface area contributed by atoms with E-state index < -0.39 is 11.9 Å². The van der Waals surface area contributed by atoms with E-state index in [2.05, 4.69) is 0 Å². The number of aromatic hydroxyl groups is 1. The molecule has 2 atom stereocenters. The molecule has 0 amide bonds. The summed E-state index contributed by atoms with van der Waals surface area (Å²) in [5.74, 6) is -1.15. The van der Waals surface area contributed by atoms with Crippen molar-refractivity contribution < 1.29 is 24.2 Å². The van der Waals surface area contributed by atoms with Crippen LogP contribution in [0.2, 0.25) is 0 Å². The third kappa shape index (κ3) is 2.35. The summed E-state index contributed by atoms with van der Waals surface area (Å²) in [5.41, 5.74) is 0.547. The van der Waals surface area contributed by atoms with Crippen LogP contribution in [0.3, 0.4) is 0 Å². The number of phenols is 1. The fraction of sp³-hybridized carbons (Fsp3) is 0.467. The zero-order chi connectivity index (χ0) is 14.9. The molecule has 0 saturated heterocycles. The third-order valence-electron chi connectivity index (χ3n) is 3.48. The Labute approximate surface area is 117 Å². The van der Waals surface area contributed by atoms with Gasteiger partial charge in [-0.25, -0.2) is 0 Å². The van der Waals surface area contributed by atoms with Crippen LogP contribution in [0.5, 0.6) is 11.5 Å². The monoisotopic (exact) mass is 278 g/mol. The number of ether oxygens (including phenoxy) is 2. The molecule has 5 heteroatoms. The lowest BCUT2D eigenvalue weighted by atomic mass is 9.83. The Balaban J connectivity index is 2.55. The Morgan fingerprint density at radius 2 is 2.15 bits per heavy atom. The molecule has 0 bridgehead atoms. The van der Waals surface area contributed by atoms with E-state index >= 15 is 0 Å². The van der Waals surface area contributed by atoms with Crippen molar-refractivity contribution in [3.05, 3.63) is 23.3 Å². The molecule has 1 N–H and O–H groups in total. The van der Waals surface area contributed by atoms with Crippen LogP contribution in [0.25, 0.3) is 0 Å². The van der Waals surface area contributed by atoms with Gasteiger partial charge in [0.2, 0.25) is 0 Å². The second kappa shape index (κ2) is 5.53. The van der Waals surface area contributed by atoms with Crippen LogP contribution in [0.15, 0.2) is 12.1 Å². The smallest absolute Gasteiger partial charge is 0.314 e. The summed E-state index contributed by atoms with van der Waals surface area (Å²) >= 11 is 0. The van der Waals surface area contributed by atoms with Crippen molar-refractivity contribution >= 4 is 11.8 Å². The van der Waals surface area contributed by atoms with Crippen LogP contribution < -0.4 is 4.74 Å². The minimum Gasteiger partial charge on any atom is -0.507 e. The number of benzene rings is 1. The molecule has 2 unspecified atom stereocenters. The highest BCUT2D eigenvalue weighted by Crippen LogP contribution is 2.44. The van der Waals surface area contributed by atoms with Gasteiger partial charge < -0.3 is 14.6 Å². The van der Waals surface area contributed by atoms with Crippen LogP contribution in [0.4, 0.5) is 0 Å². The first kappa shape index (κ1) is 14.4. The van der Waals surface area contributed by atoms with Crippen molar-refractivity contribution in [3.8, 4) is 11.5 Å². The maximum atomic E-state index is 12.1. The minimum absolute atomic E-state index is 0.130. The number of rotatable bonds is 3. The molecular formula is C15H18O5. The van der Waals surface area contributed by atoms with Crippen LogP contribution >= 0.6 is 0 Å². The molecule has 1 aliphatic heterocycles. The van der Waals surface area contributed by atoms with Crippen LogP contribution in [-0.2, 0) is 9.53 Å². The van der Waals surface area contributed by atoms with E-state index in [0.29, 0.717) is 17.9 Å². The molecule has 0 spiro atoms. The van der Waals surface area contributed by atoms with Gasteiger partial charge in [-0.05, 0) is 26.0 Å². The van der Waals surface area contributed by atoms with Crippen molar-refractivity contribution in [1.29, 1.82) is 0 Å². The average Bonchev–Trinajstić information content (AvgIpc) is 2.39. The number of ketones is 1. The molecule has 1 aromatic rings. The van der Waals surface area contributed by atoms with Crippen LogP contribution in [-0.4, -0.2) is 30.1 Å². The largest absolute Gasteiger partial charge is 0.507 e. The molecule has 0 saturated carbocycles. The topological polar surface area (TPSA) is 72.8 Å². The fourth-order valence-electron chi connectivity index (χ4n) is 2.48. The summed E-state index contributed by atoms with van der Waals surface area (Å²) in [6.07, 6.45) is 0. The highest BCUT2D eigenvalue weighted by molar-refractivity contribution is 5.98. The Hall–Kier alpha value is -2.04. The first-order valence-electron chi connectivity index (χ1n) is 6.63. The van der Waals surface area contributed by atoms with Crippen molar-refractivity contribution in [1.82, 2.24) is 0 Å². The standard InChI is InChI=1S/C15H18O5/c1-4-19-15(18)12-8(2)7-20-11-6-5-10(9(3)16)14(17)13(11)12/h5-6,8,12,17H,4,7H2,1-3H3. The molecule has 0 fully saturated rings. The second-order valence-electron chi connectivity index (χ2n) is 4.95. The van der Waals surface area contributed by atoms with Gasteiger partial charge in [0.15, 0.2) is 5.78 Å². The number of fused-ring (bicyclic) bond motifs is 1. The predicted octanol–water partition coefficient (Wildman–Crippen LogP) is 2.27. The van der Waals surface area contributed by atoms with Crippen molar-refractivity contribution in [2.45, 2.75) is 26.7 Å².